The van der Waals surface area contributed by atoms with Crippen molar-refractivity contribution in [2.75, 3.05) is 19.5 Å². The number of nitrogens with zero attached hydrogens (tertiary/aromatic N) is 2. The largest absolute Gasteiger partial charge is 0.502 e. The SMILES string of the molecule is COc1cc([C@@H]2CC(=O)Nc3c2c(C)nn3C)cc(OC)c1O. The number of methoxy groups -OCH3 is 2. The maximum atomic E-state index is 12.1. The quantitative estimate of drug-likeness (QED) is 0.903. The van der Waals surface area contributed by atoms with E-state index in [1.165, 1.54) is 14.2 Å². The molecule has 122 valence electrons. The minimum Gasteiger partial charge on any atom is -0.502 e. The van der Waals surface area contributed by atoms with Crippen molar-refractivity contribution in [3.63, 3.8) is 0 Å². The predicted octanol–water partition coefficient (Wildman–Crippen LogP) is 1.93. The van der Waals surface area contributed by atoms with Gasteiger partial charge in [0, 0.05) is 24.9 Å². The minimum atomic E-state index is -0.171. The van der Waals surface area contributed by atoms with Crippen molar-refractivity contribution in [3.8, 4) is 17.2 Å². The molecular weight excluding hydrogens is 298 g/mol. The molecule has 2 N–H and O–H groups in total. The maximum Gasteiger partial charge on any atom is 0.226 e. The zero-order valence-corrected chi connectivity index (χ0v) is 13.5. The van der Waals surface area contributed by atoms with Gasteiger partial charge in [-0.1, -0.05) is 0 Å². The Kier molecular flexibility index (Phi) is 3.63. The van der Waals surface area contributed by atoms with Gasteiger partial charge in [-0.3, -0.25) is 9.48 Å². The van der Waals surface area contributed by atoms with E-state index >= 15 is 0 Å². The van der Waals surface area contributed by atoms with E-state index in [0.717, 1.165) is 16.8 Å². The van der Waals surface area contributed by atoms with Gasteiger partial charge in [0.2, 0.25) is 11.7 Å². The Bertz CT molecular complexity index is 757. The van der Waals surface area contributed by atoms with E-state index in [2.05, 4.69) is 10.4 Å². The number of aromatic hydroxyl groups is 1. The van der Waals surface area contributed by atoms with E-state index in [9.17, 15) is 9.90 Å². The molecule has 1 atom stereocenters. The molecule has 3 rings (SSSR count). The molecule has 0 unspecified atom stereocenters. The highest BCUT2D eigenvalue weighted by Crippen LogP contribution is 2.44. The third-order valence-corrected chi connectivity index (χ3v) is 4.17. The van der Waals surface area contributed by atoms with E-state index in [-0.39, 0.29) is 17.6 Å². The lowest BCUT2D eigenvalue weighted by molar-refractivity contribution is -0.116. The van der Waals surface area contributed by atoms with Crippen LogP contribution in [0.4, 0.5) is 5.82 Å². The molecule has 1 amide bonds. The number of benzene rings is 1. The maximum absolute atomic E-state index is 12.1. The molecule has 0 radical (unpaired) electrons. The fourth-order valence-corrected chi connectivity index (χ4v) is 3.11. The van der Waals surface area contributed by atoms with Crippen LogP contribution in [0.3, 0.4) is 0 Å². The lowest BCUT2D eigenvalue weighted by atomic mass is 9.85. The second kappa shape index (κ2) is 5.49. The summed E-state index contributed by atoms with van der Waals surface area (Å²) >= 11 is 0. The van der Waals surface area contributed by atoms with Crippen LogP contribution >= 0.6 is 0 Å². The van der Waals surface area contributed by atoms with Crippen LogP contribution in [0.1, 0.15) is 29.2 Å². The highest BCUT2D eigenvalue weighted by molar-refractivity contribution is 5.94. The molecule has 7 nitrogen and oxygen atoms in total. The number of amides is 1. The Labute approximate surface area is 133 Å². The van der Waals surface area contributed by atoms with Crippen molar-refractivity contribution in [1.82, 2.24) is 9.78 Å². The lowest BCUT2D eigenvalue weighted by Gasteiger charge is -2.25. The first-order valence-electron chi connectivity index (χ1n) is 7.24. The monoisotopic (exact) mass is 317 g/mol. The topological polar surface area (TPSA) is 85.6 Å². The summed E-state index contributed by atoms with van der Waals surface area (Å²) in [6.45, 7) is 1.91. The highest BCUT2D eigenvalue weighted by Gasteiger charge is 2.32. The molecule has 0 spiro atoms. The Hall–Kier alpha value is -2.70. The first kappa shape index (κ1) is 15.2. The molecule has 0 saturated carbocycles. The zero-order valence-electron chi connectivity index (χ0n) is 13.5. The van der Waals surface area contributed by atoms with Gasteiger partial charge in [-0.2, -0.15) is 5.10 Å². The van der Waals surface area contributed by atoms with Crippen LogP contribution in [0.5, 0.6) is 17.2 Å². The van der Waals surface area contributed by atoms with Crippen LogP contribution < -0.4 is 14.8 Å². The number of carbonyl (C=O) groups excluding carboxylic acids is 1. The fraction of sp³-hybridized carbons (Fsp3) is 0.375. The van der Waals surface area contributed by atoms with Gasteiger partial charge in [-0.25, -0.2) is 0 Å². The molecule has 0 aliphatic carbocycles. The molecular formula is C16H19N3O4. The Morgan fingerprint density at radius 3 is 2.48 bits per heavy atom. The smallest absolute Gasteiger partial charge is 0.226 e. The Balaban J connectivity index is 2.18. The number of phenolic OH excluding ortho intramolecular Hbond substituents is 1. The van der Waals surface area contributed by atoms with Crippen LogP contribution in [0.15, 0.2) is 12.1 Å². The van der Waals surface area contributed by atoms with Crippen molar-refractivity contribution in [3.05, 3.63) is 29.0 Å². The number of carbonyl (C=O) groups is 1. The molecule has 1 aliphatic rings. The number of hydrogen-bond acceptors (Lipinski definition) is 5. The number of anilines is 1. The van der Waals surface area contributed by atoms with Crippen molar-refractivity contribution in [2.24, 2.45) is 7.05 Å². The summed E-state index contributed by atoms with van der Waals surface area (Å²) in [7, 11) is 4.76. The Morgan fingerprint density at radius 2 is 1.91 bits per heavy atom. The fourth-order valence-electron chi connectivity index (χ4n) is 3.11. The summed E-state index contributed by atoms with van der Waals surface area (Å²) in [5, 5.41) is 17.3. The van der Waals surface area contributed by atoms with Gasteiger partial charge in [0.05, 0.1) is 19.9 Å². The number of ether oxygens (including phenoxy) is 2. The summed E-state index contributed by atoms with van der Waals surface area (Å²) in [6.07, 6.45) is 0.302. The number of rotatable bonds is 3. The zero-order chi connectivity index (χ0) is 16.7. The second-order valence-corrected chi connectivity index (χ2v) is 5.55. The van der Waals surface area contributed by atoms with Crippen LogP contribution in [-0.2, 0) is 11.8 Å². The van der Waals surface area contributed by atoms with Crippen LogP contribution in [0, 0.1) is 6.92 Å². The number of hydrogen-bond donors (Lipinski definition) is 2. The van der Waals surface area contributed by atoms with Crippen LogP contribution in [0.2, 0.25) is 0 Å². The van der Waals surface area contributed by atoms with Gasteiger partial charge >= 0.3 is 0 Å². The van der Waals surface area contributed by atoms with Crippen LogP contribution in [0.25, 0.3) is 0 Å². The average molecular weight is 317 g/mol. The van der Waals surface area contributed by atoms with Gasteiger partial charge in [-0.05, 0) is 24.6 Å². The molecule has 0 saturated heterocycles. The van der Waals surface area contributed by atoms with E-state index in [4.69, 9.17) is 9.47 Å². The number of aromatic nitrogens is 2. The third kappa shape index (κ3) is 2.38. The first-order valence-corrected chi connectivity index (χ1v) is 7.24. The highest BCUT2D eigenvalue weighted by atomic mass is 16.5. The van der Waals surface area contributed by atoms with E-state index in [1.807, 2.05) is 6.92 Å². The molecule has 23 heavy (non-hydrogen) atoms. The molecule has 1 aromatic carbocycles. The number of fused-ring (bicyclic) bond motifs is 1. The first-order chi connectivity index (χ1) is 11.0. The molecule has 1 aromatic heterocycles. The molecule has 0 fully saturated rings. The van der Waals surface area contributed by atoms with Crippen molar-refractivity contribution < 1.29 is 19.4 Å². The van der Waals surface area contributed by atoms with Crippen molar-refractivity contribution in [1.29, 1.82) is 0 Å². The molecule has 7 heteroatoms. The summed E-state index contributed by atoms with van der Waals surface area (Å²) < 4.78 is 12.1. The number of aryl methyl sites for hydroxylation is 2. The van der Waals surface area contributed by atoms with Crippen LogP contribution in [-0.4, -0.2) is 35.0 Å². The third-order valence-electron chi connectivity index (χ3n) is 4.17. The van der Waals surface area contributed by atoms with Gasteiger partial charge in [-0.15, -0.1) is 0 Å². The normalized spacial score (nSPS) is 16.7. The number of nitrogens with one attached hydrogen (secondary N) is 1. The van der Waals surface area contributed by atoms with E-state index in [1.54, 1.807) is 23.9 Å². The van der Waals surface area contributed by atoms with Gasteiger partial charge in [0.25, 0.3) is 0 Å². The number of phenols is 1. The molecule has 2 aromatic rings. The standard InChI is InChI=1S/C16H19N3O4/c1-8-14-10(7-13(20)17-16(14)19(2)18-8)9-5-11(22-3)15(21)12(6-9)23-4/h5-6,10,21H,7H2,1-4H3,(H,17,20)/t10-/m0/s1. The molecule has 1 aliphatic heterocycles. The second-order valence-electron chi connectivity index (χ2n) is 5.55. The lowest BCUT2D eigenvalue weighted by Crippen LogP contribution is -2.24. The van der Waals surface area contributed by atoms with Gasteiger partial charge < -0.3 is 19.9 Å². The summed E-state index contributed by atoms with van der Waals surface area (Å²) in [6, 6.07) is 3.47. The minimum absolute atomic E-state index is 0.0536. The predicted molar refractivity (Wildman–Crippen MR) is 84.2 cm³/mol. The van der Waals surface area contributed by atoms with Gasteiger partial charge in [0.1, 0.15) is 5.82 Å². The summed E-state index contributed by atoms with van der Waals surface area (Å²) in [4.78, 5) is 12.1. The molecule has 2 heterocycles. The Morgan fingerprint density at radius 1 is 1.30 bits per heavy atom. The van der Waals surface area contributed by atoms with Crippen molar-refractivity contribution >= 4 is 11.7 Å². The van der Waals surface area contributed by atoms with E-state index in [0.29, 0.717) is 23.7 Å². The summed E-state index contributed by atoms with van der Waals surface area (Å²) in [5.74, 6) is 1.03. The molecule has 0 bridgehead atoms. The summed E-state index contributed by atoms with van der Waals surface area (Å²) in [5.41, 5.74) is 2.67. The van der Waals surface area contributed by atoms with Gasteiger partial charge in [0.15, 0.2) is 11.5 Å². The van der Waals surface area contributed by atoms with Crippen molar-refractivity contribution in [2.45, 2.75) is 19.3 Å². The van der Waals surface area contributed by atoms with E-state index < -0.39 is 0 Å². The average Bonchev–Trinajstić information content (AvgIpc) is 2.81.